The van der Waals surface area contributed by atoms with Crippen molar-refractivity contribution in [2.24, 2.45) is 0 Å². The Morgan fingerprint density at radius 3 is 2.13 bits per heavy atom. The van der Waals surface area contributed by atoms with Gasteiger partial charge in [0.05, 0.1) is 4.90 Å². The van der Waals surface area contributed by atoms with Crippen LogP contribution < -0.4 is 0 Å². The molecule has 1 aliphatic heterocycles. The van der Waals surface area contributed by atoms with Gasteiger partial charge in [-0.3, -0.25) is 4.79 Å². The fourth-order valence-corrected chi connectivity index (χ4v) is 3.92. The summed E-state index contributed by atoms with van der Waals surface area (Å²) in [5.74, 6) is -0.133. The summed E-state index contributed by atoms with van der Waals surface area (Å²) in [5.41, 5.74) is 0. The van der Waals surface area contributed by atoms with Gasteiger partial charge in [0.1, 0.15) is 5.78 Å². The average Bonchev–Trinajstić information content (AvgIpc) is 2.53. The third-order valence-electron chi connectivity index (χ3n) is 3.73. The van der Waals surface area contributed by atoms with Gasteiger partial charge in [-0.25, -0.2) is 8.42 Å². The summed E-state index contributed by atoms with van der Waals surface area (Å²) in [6.07, 6.45) is 0.404. The van der Waals surface area contributed by atoms with Crippen LogP contribution in [0.3, 0.4) is 0 Å². The molecule has 1 amide bonds. The summed E-state index contributed by atoms with van der Waals surface area (Å²) in [4.78, 5) is 24.7. The van der Waals surface area contributed by atoms with Crippen LogP contribution in [0.4, 0.5) is 0 Å². The summed E-state index contributed by atoms with van der Waals surface area (Å²) < 4.78 is 26.4. The molecule has 1 aromatic carbocycles. The third-order valence-corrected chi connectivity index (χ3v) is 5.90. The lowest BCUT2D eigenvalue weighted by molar-refractivity contribution is -0.134. The second-order valence-electron chi connectivity index (χ2n) is 5.44. The fourth-order valence-electron chi connectivity index (χ4n) is 2.37. The highest BCUT2D eigenvalue weighted by Crippen LogP contribution is 2.20. The van der Waals surface area contributed by atoms with Crippen LogP contribution in [0.2, 0.25) is 5.02 Å². The van der Waals surface area contributed by atoms with Crippen LogP contribution in [-0.4, -0.2) is 55.5 Å². The van der Waals surface area contributed by atoms with Crippen LogP contribution in [0.1, 0.15) is 19.8 Å². The monoisotopic (exact) mass is 358 g/mol. The number of halogens is 1. The number of Topliss-reactive ketones (excluding diaryl/α,β-unsaturated/α-hetero) is 1. The number of benzene rings is 1. The van der Waals surface area contributed by atoms with E-state index in [1.54, 1.807) is 4.90 Å². The minimum absolute atomic E-state index is 0.0256. The zero-order valence-electron chi connectivity index (χ0n) is 12.9. The lowest BCUT2D eigenvalue weighted by atomic mass is 10.2. The second-order valence-corrected chi connectivity index (χ2v) is 7.82. The van der Waals surface area contributed by atoms with Crippen molar-refractivity contribution in [1.29, 1.82) is 0 Å². The standard InChI is InChI=1S/C15H19ClN2O4S/c1-12(19)2-7-15(20)17-8-10-18(11-9-17)23(21,22)14-5-3-13(16)4-6-14/h3-6H,2,7-11H2,1H3. The zero-order chi connectivity index (χ0) is 17.0. The van der Waals surface area contributed by atoms with Gasteiger partial charge in [-0.05, 0) is 31.2 Å². The Bertz CT molecular complexity index is 680. The van der Waals surface area contributed by atoms with E-state index in [4.69, 9.17) is 11.6 Å². The smallest absolute Gasteiger partial charge is 0.243 e. The number of amides is 1. The van der Waals surface area contributed by atoms with E-state index in [1.807, 2.05) is 0 Å². The Hall–Kier alpha value is -1.44. The van der Waals surface area contributed by atoms with E-state index < -0.39 is 10.0 Å². The molecule has 1 heterocycles. The predicted molar refractivity (Wildman–Crippen MR) is 86.7 cm³/mol. The molecule has 0 bridgehead atoms. The van der Waals surface area contributed by atoms with Crippen LogP contribution in [0.5, 0.6) is 0 Å². The van der Waals surface area contributed by atoms with Gasteiger partial charge >= 0.3 is 0 Å². The highest BCUT2D eigenvalue weighted by molar-refractivity contribution is 7.89. The Morgan fingerprint density at radius 1 is 1.04 bits per heavy atom. The van der Waals surface area contributed by atoms with Gasteiger partial charge in [0.2, 0.25) is 15.9 Å². The molecule has 0 N–H and O–H groups in total. The van der Waals surface area contributed by atoms with Crippen LogP contribution in [0.15, 0.2) is 29.2 Å². The Labute approximate surface area is 141 Å². The zero-order valence-corrected chi connectivity index (χ0v) is 14.4. The summed E-state index contributed by atoms with van der Waals surface area (Å²) in [6.45, 7) is 2.62. The Morgan fingerprint density at radius 2 is 1.61 bits per heavy atom. The van der Waals surface area contributed by atoms with Crippen LogP contribution in [-0.2, 0) is 19.6 Å². The van der Waals surface area contributed by atoms with Gasteiger partial charge in [-0.15, -0.1) is 0 Å². The maximum absolute atomic E-state index is 12.5. The van der Waals surface area contributed by atoms with Gasteiger partial charge in [-0.1, -0.05) is 11.6 Å². The normalized spacial score (nSPS) is 16.3. The van der Waals surface area contributed by atoms with Crippen molar-refractivity contribution in [2.45, 2.75) is 24.7 Å². The molecule has 0 radical (unpaired) electrons. The summed E-state index contributed by atoms with van der Waals surface area (Å²) in [6, 6.07) is 6.02. The molecule has 0 saturated carbocycles. The molecule has 0 aromatic heterocycles. The Balaban J connectivity index is 1.97. The number of hydrogen-bond donors (Lipinski definition) is 0. The molecular formula is C15H19ClN2O4S. The minimum atomic E-state index is -3.57. The first kappa shape index (κ1) is 17.9. The van der Waals surface area contributed by atoms with Crippen molar-refractivity contribution in [3.05, 3.63) is 29.3 Å². The largest absolute Gasteiger partial charge is 0.340 e. The summed E-state index contributed by atoms with van der Waals surface area (Å²) in [7, 11) is -3.57. The van der Waals surface area contributed by atoms with Crippen LogP contribution in [0.25, 0.3) is 0 Å². The number of hydrogen-bond acceptors (Lipinski definition) is 4. The second kappa shape index (κ2) is 7.42. The molecule has 1 saturated heterocycles. The summed E-state index contributed by atoms with van der Waals surface area (Å²) in [5, 5.41) is 0.477. The van der Waals surface area contributed by atoms with Gasteiger partial charge in [0, 0.05) is 44.0 Å². The van der Waals surface area contributed by atoms with Crippen molar-refractivity contribution in [2.75, 3.05) is 26.2 Å². The van der Waals surface area contributed by atoms with E-state index in [1.165, 1.54) is 35.5 Å². The molecule has 0 atom stereocenters. The van der Waals surface area contributed by atoms with Crippen molar-refractivity contribution < 1.29 is 18.0 Å². The highest BCUT2D eigenvalue weighted by Gasteiger charge is 2.29. The highest BCUT2D eigenvalue weighted by atomic mass is 35.5. The first-order valence-corrected chi connectivity index (χ1v) is 9.15. The Kier molecular flexibility index (Phi) is 5.78. The minimum Gasteiger partial charge on any atom is -0.340 e. The molecule has 0 unspecified atom stereocenters. The molecule has 23 heavy (non-hydrogen) atoms. The average molecular weight is 359 g/mol. The van der Waals surface area contributed by atoms with Gasteiger partial charge < -0.3 is 9.69 Å². The molecule has 2 rings (SSSR count). The molecule has 1 aliphatic rings. The molecule has 6 nitrogen and oxygen atoms in total. The predicted octanol–water partition coefficient (Wildman–Crippen LogP) is 1.54. The number of nitrogens with zero attached hydrogens (tertiary/aromatic N) is 2. The van der Waals surface area contributed by atoms with Crippen LogP contribution >= 0.6 is 11.6 Å². The van der Waals surface area contributed by atoms with Crippen molar-refractivity contribution >= 4 is 33.3 Å². The third kappa shape index (κ3) is 4.53. The molecule has 0 aliphatic carbocycles. The molecule has 1 fully saturated rings. The van der Waals surface area contributed by atoms with Crippen molar-refractivity contribution in [3.8, 4) is 0 Å². The number of ketones is 1. The van der Waals surface area contributed by atoms with Crippen molar-refractivity contribution in [3.63, 3.8) is 0 Å². The van der Waals surface area contributed by atoms with E-state index in [0.29, 0.717) is 18.1 Å². The van der Waals surface area contributed by atoms with E-state index in [9.17, 15) is 18.0 Å². The number of carbonyl (C=O) groups is 2. The van der Waals surface area contributed by atoms with E-state index in [-0.39, 0.29) is 42.5 Å². The van der Waals surface area contributed by atoms with Crippen molar-refractivity contribution in [1.82, 2.24) is 9.21 Å². The lowest BCUT2D eigenvalue weighted by Gasteiger charge is -2.34. The number of piperazine rings is 1. The number of sulfonamides is 1. The molecule has 8 heteroatoms. The van der Waals surface area contributed by atoms with E-state index in [0.717, 1.165) is 0 Å². The molecule has 126 valence electrons. The van der Waals surface area contributed by atoms with E-state index in [2.05, 4.69) is 0 Å². The van der Waals surface area contributed by atoms with E-state index >= 15 is 0 Å². The van der Waals surface area contributed by atoms with Gasteiger partial charge in [0.15, 0.2) is 0 Å². The SMILES string of the molecule is CC(=O)CCC(=O)N1CCN(S(=O)(=O)c2ccc(Cl)cc2)CC1. The first-order valence-electron chi connectivity index (χ1n) is 7.33. The maximum Gasteiger partial charge on any atom is 0.243 e. The van der Waals surface area contributed by atoms with Crippen LogP contribution in [0, 0.1) is 0 Å². The molecule has 1 aromatic rings. The molecule has 0 spiro atoms. The van der Waals surface area contributed by atoms with Gasteiger partial charge in [-0.2, -0.15) is 4.31 Å². The number of carbonyl (C=O) groups excluding carboxylic acids is 2. The first-order chi connectivity index (χ1) is 10.8. The topological polar surface area (TPSA) is 74.8 Å². The quantitative estimate of drug-likeness (QED) is 0.800. The number of rotatable bonds is 5. The van der Waals surface area contributed by atoms with Gasteiger partial charge in [0.25, 0.3) is 0 Å². The maximum atomic E-state index is 12.5. The summed E-state index contributed by atoms with van der Waals surface area (Å²) >= 11 is 5.78. The fraction of sp³-hybridized carbons (Fsp3) is 0.467. The lowest BCUT2D eigenvalue weighted by Crippen LogP contribution is -2.50. The molecular weight excluding hydrogens is 340 g/mol.